The monoisotopic (exact) mass is 346 g/mol. The van der Waals surface area contributed by atoms with Gasteiger partial charge >= 0.3 is 6.18 Å². The largest absolute Gasteiger partial charge is 0.417 e. The highest BCUT2D eigenvalue weighted by atomic mass is 35.5. The Labute approximate surface area is 132 Å². The standard InChI is InChI=1S/C14H10ClF3N2OS/c1-7(21)12-11(10-3-2-4-22-10)19-13-9(15)5-8(6-20(12)13)14(16,17)18/h2-7,21H,1H3. The third kappa shape index (κ3) is 2.49. The van der Waals surface area contributed by atoms with Gasteiger partial charge in [-0.05, 0) is 24.4 Å². The first-order valence-electron chi connectivity index (χ1n) is 6.29. The van der Waals surface area contributed by atoms with Gasteiger partial charge in [0.25, 0.3) is 0 Å². The summed E-state index contributed by atoms with van der Waals surface area (Å²) < 4.78 is 40.1. The lowest BCUT2D eigenvalue weighted by Crippen LogP contribution is -2.08. The summed E-state index contributed by atoms with van der Waals surface area (Å²) in [6.07, 6.45) is -4.61. The van der Waals surface area contributed by atoms with Crippen LogP contribution in [0.1, 0.15) is 24.3 Å². The van der Waals surface area contributed by atoms with E-state index in [0.717, 1.165) is 17.1 Å². The third-order valence-electron chi connectivity index (χ3n) is 3.19. The van der Waals surface area contributed by atoms with Crippen LogP contribution in [0.25, 0.3) is 16.2 Å². The van der Waals surface area contributed by atoms with Crippen LogP contribution in [-0.4, -0.2) is 14.5 Å². The Morgan fingerprint density at radius 1 is 1.41 bits per heavy atom. The number of halogens is 4. The van der Waals surface area contributed by atoms with Gasteiger partial charge in [-0.1, -0.05) is 17.7 Å². The number of fused-ring (bicyclic) bond motifs is 1. The van der Waals surface area contributed by atoms with Crippen LogP contribution in [0.5, 0.6) is 0 Å². The topological polar surface area (TPSA) is 37.5 Å². The molecule has 0 aromatic carbocycles. The maximum absolute atomic E-state index is 13.0. The third-order valence-corrected chi connectivity index (χ3v) is 4.34. The van der Waals surface area contributed by atoms with Crippen molar-refractivity contribution in [2.24, 2.45) is 0 Å². The van der Waals surface area contributed by atoms with E-state index in [1.54, 1.807) is 12.1 Å². The van der Waals surface area contributed by atoms with Crippen LogP contribution in [0.2, 0.25) is 5.02 Å². The summed E-state index contributed by atoms with van der Waals surface area (Å²) in [6.45, 7) is 1.48. The summed E-state index contributed by atoms with van der Waals surface area (Å²) in [4.78, 5) is 5.07. The molecule has 0 aliphatic carbocycles. The van der Waals surface area contributed by atoms with Crippen molar-refractivity contribution in [1.82, 2.24) is 9.38 Å². The van der Waals surface area contributed by atoms with Crippen molar-refractivity contribution in [3.8, 4) is 10.6 Å². The first kappa shape index (κ1) is 15.3. The smallest absolute Gasteiger partial charge is 0.387 e. The van der Waals surface area contributed by atoms with E-state index in [9.17, 15) is 18.3 Å². The van der Waals surface area contributed by atoms with Gasteiger partial charge in [-0.25, -0.2) is 4.98 Å². The van der Waals surface area contributed by atoms with Gasteiger partial charge in [0.2, 0.25) is 0 Å². The fraction of sp³-hybridized carbons (Fsp3) is 0.214. The molecule has 1 atom stereocenters. The van der Waals surface area contributed by atoms with Crippen molar-refractivity contribution in [3.63, 3.8) is 0 Å². The van der Waals surface area contributed by atoms with Crippen LogP contribution in [-0.2, 0) is 6.18 Å². The van der Waals surface area contributed by atoms with Gasteiger partial charge in [0, 0.05) is 6.20 Å². The van der Waals surface area contributed by atoms with Crippen molar-refractivity contribution >= 4 is 28.6 Å². The number of nitrogens with zero attached hydrogens (tertiary/aromatic N) is 2. The molecule has 0 bridgehead atoms. The predicted octanol–water partition coefficient (Wildman–Crippen LogP) is 4.79. The Kier molecular flexibility index (Phi) is 3.66. The summed E-state index contributed by atoms with van der Waals surface area (Å²) in [6, 6.07) is 4.43. The Balaban J connectivity index is 2.36. The number of aliphatic hydroxyl groups is 1. The van der Waals surface area contributed by atoms with Crippen molar-refractivity contribution < 1.29 is 18.3 Å². The summed E-state index contributed by atoms with van der Waals surface area (Å²) in [5.74, 6) is 0. The zero-order valence-electron chi connectivity index (χ0n) is 11.2. The van der Waals surface area contributed by atoms with E-state index in [2.05, 4.69) is 4.98 Å². The van der Waals surface area contributed by atoms with Gasteiger partial charge in [0.05, 0.1) is 27.3 Å². The van der Waals surface area contributed by atoms with E-state index in [4.69, 9.17) is 11.6 Å². The van der Waals surface area contributed by atoms with Crippen LogP contribution in [0.15, 0.2) is 29.8 Å². The Morgan fingerprint density at radius 3 is 2.68 bits per heavy atom. The van der Waals surface area contributed by atoms with Crippen LogP contribution < -0.4 is 0 Å². The number of rotatable bonds is 2. The maximum Gasteiger partial charge on any atom is 0.417 e. The fourth-order valence-corrected chi connectivity index (χ4v) is 3.24. The molecule has 0 fully saturated rings. The number of thiophene rings is 1. The lowest BCUT2D eigenvalue weighted by Gasteiger charge is -2.11. The predicted molar refractivity (Wildman–Crippen MR) is 79.2 cm³/mol. The molecule has 116 valence electrons. The number of aromatic nitrogens is 2. The first-order chi connectivity index (χ1) is 10.3. The average molecular weight is 347 g/mol. The molecular formula is C14H10ClF3N2OS. The molecule has 1 N–H and O–H groups in total. The molecule has 3 rings (SSSR count). The minimum Gasteiger partial charge on any atom is -0.387 e. The Hall–Kier alpha value is -1.57. The molecule has 0 aliphatic rings. The van der Waals surface area contributed by atoms with Gasteiger partial charge in [0.15, 0.2) is 5.65 Å². The summed E-state index contributed by atoms with van der Waals surface area (Å²) >= 11 is 7.34. The molecule has 0 saturated carbocycles. The normalized spacial score (nSPS) is 13.7. The van der Waals surface area contributed by atoms with Gasteiger partial charge < -0.3 is 5.11 Å². The molecule has 0 aliphatic heterocycles. The number of aliphatic hydroxyl groups excluding tert-OH is 1. The number of hydrogen-bond acceptors (Lipinski definition) is 3. The number of hydrogen-bond donors (Lipinski definition) is 1. The number of imidazole rings is 1. The number of pyridine rings is 1. The van der Waals surface area contributed by atoms with E-state index in [1.165, 1.54) is 22.7 Å². The molecule has 22 heavy (non-hydrogen) atoms. The quantitative estimate of drug-likeness (QED) is 0.724. The Morgan fingerprint density at radius 2 is 2.14 bits per heavy atom. The van der Waals surface area contributed by atoms with Crippen LogP contribution >= 0.6 is 22.9 Å². The van der Waals surface area contributed by atoms with E-state index in [1.807, 2.05) is 5.38 Å². The maximum atomic E-state index is 13.0. The summed E-state index contributed by atoms with van der Waals surface area (Å²) in [7, 11) is 0. The molecule has 3 heterocycles. The highest BCUT2D eigenvalue weighted by Gasteiger charge is 2.33. The van der Waals surface area contributed by atoms with Crippen molar-refractivity contribution in [3.05, 3.63) is 46.1 Å². The highest BCUT2D eigenvalue weighted by molar-refractivity contribution is 7.13. The summed E-state index contributed by atoms with van der Waals surface area (Å²) in [5.41, 5.74) is 0.0210. The van der Waals surface area contributed by atoms with Crippen molar-refractivity contribution in [2.45, 2.75) is 19.2 Å². The molecule has 0 radical (unpaired) electrons. The first-order valence-corrected chi connectivity index (χ1v) is 7.55. The zero-order chi connectivity index (χ0) is 16.1. The van der Waals surface area contributed by atoms with Crippen molar-refractivity contribution in [2.75, 3.05) is 0 Å². The molecule has 0 amide bonds. The molecule has 3 aromatic rings. The fourth-order valence-electron chi connectivity index (χ4n) is 2.27. The van der Waals surface area contributed by atoms with E-state index in [-0.39, 0.29) is 16.4 Å². The highest BCUT2D eigenvalue weighted by Crippen LogP contribution is 2.37. The second-order valence-corrected chi connectivity index (χ2v) is 6.12. The molecule has 8 heteroatoms. The minimum absolute atomic E-state index is 0.112. The van der Waals surface area contributed by atoms with E-state index in [0.29, 0.717) is 5.69 Å². The van der Waals surface area contributed by atoms with Gasteiger partial charge in [0.1, 0.15) is 5.69 Å². The van der Waals surface area contributed by atoms with Gasteiger partial charge in [-0.3, -0.25) is 4.40 Å². The van der Waals surface area contributed by atoms with Crippen LogP contribution in [0.3, 0.4) is 0 Å². The lowest BCUT2D eigenvalue weighted by molar-refractivity contribution is -0.137. The van der Waals surface area contributed by atoms with Gasteiger partial charge in [-0.2, -0.15) is 13.2 Å². The van der Waals surface area contributed by atoms with Crippen molar-refractivity contribution in [1.29, 1.82) is 0 Å². The van der Waals surface area contributed by atoms with Crippen LogP contribution in [0, 0.1) is 0 Å². The molecule has 1 unspecified atom stereocenters. The SMILES string of the molecule is CC(O)c1c(-c2cccs2)nc2c(Cl)cc(C(F)(F)F)cn12. The molecule has 0 saturated heterocycles. The van der Waals surface area contributed by atoms with Crippen LogP contribution in [0.4, 0.5) is 13.2 Å². The molecule has 3 nitrogen and oxygen atoms in total. The van der Waals surface area contributed by atoms with E-state index < -0.39 is 17.8 Å². The molecular weight excluding hydrogens is 337 g/mol. The summed E-state index contributed by atoms with van der Waals surface area (Å²) in [5, 5.41) is 11.7. The second kappa shape index (κ2) is 5.26. The average Bonchev–Trinajstić information content (AvgIpc) is 3.03. The number of alkyl halides is 3. The van der Waals surface area contributed by atoms with Gasteiger partial charge in [-0.15, -0.1) is 11.3 Å². The zero-order valence-corrected chi connectivity index (χ0v) is 12.8. The van der Waals surface area contributed by atoms with E-state index >= 15 is 0 Å². The molecule has 0 spiro atoms. The molecule has 3 aromatic heterocycles. The minimum atomic E-state index is -4.53. The second-order valence-electron chi connectivity index (χ2n) is 4.77. The Bertz CT molecular complexity index is 825. The lowest BCUT2D eigenvalue weighted by atomic mass is 10.2.